The largest absolute Gasteiger partial charge is 0.497 e. The molecular weight excluding hydrogens is 444 g/mol. The Morgan fingerprint density at radius 1 is 0.657 bits per heavy atom. The summed E-state index contributed by atoms with van der Waals surface area (Å²) in [6.07, 6.45) is 2.64. The molecule has 0 radical (unpaired) electrons. The highest BCUT2D eigenvalue weighted by Gasteiger charge is 2.07. The lowest BCUT2D eigenvalue weighted by Crippen LogP contribution is -2.27. The van der Waals surface area contributed by atoms with Gasteiger partial charge in [-0.05, 0) is 69.1 Å². The number of hydrogen-bond donors (Lipinski definition) is 2. The summed E-state index contributed by atoms with van der Waals surface area (Å²) in [5.41, 5.74) is 6.33. The SMILES string of the molecule is COc1ccc2cc(C=NNC(=O)CC(=O)NN=Cc3ccc4cc(OC)ccc4c3)ccc2c1. The molecule has 0 aliphatic rings. The summed E-state index contributed by atoms with van der Waals surface area (Å²) in [5, 5.41) is 12.0. The predicted octanol–water partition coefficient (Wildman–Crippen LogP) is 4.00. The van der Waals surface area contributed by atoms with Crippen LogP contribution in [0.5, 0.6) is 11.5 Å². The Labute approximate surface area is 202 Å². The zero-order valence-corrected chi connectivity index (χ0v) is 19.3. The molecule has 0 spiro atoms. The van der Waals surface area contributed by atoms with E-state index in [0.717, 1.165) is 44.2 Å². The molecule has 4 rings (SSSR count). The van der Waals surface area contributed by atoms with Gasteiger partial charge in [0.15, 0.2) is 0 Å². The lowest BCUT2D eigenvalue weighted by molar-refractivity contribution is -0.129. The fourth-order valence-corrected chi connectivity index (χ4v) is 3.48. The van der Waals surface area contributed by atoms with Gasteiger partial charge in [0, 0.05) is 0 Å². The van der Waals surface area contributed by atoms with Crippen molar-refractivity contribution in [2.24, 2.45) is 10.2 Å². The summed E-state index contributed by atoms with van der Waals surface area (Å²) in [6.45, 7) is 0. The molecule has 0 bridgehead atoms. The van der Waals surface area contributed by atoms with Crippen LogP contribution in [0.1, 0.15) is 17.5 Å². The highest BCUT2D eigenvalue weighted by Crippen LogP contribution is 2.22. The Kier molecular flexibility index (Phi) is 7.32. The number of fused-ring (bicyclic) bond motifs is 2. The van der Waals surface area contributed by atoms with Crippen molar-refractivity contribution in [1.82, 2.24) is 10.9 Å². The van der Waals surface area contributed by atoms with Crippen LogP contribution in [-0.4, -0.2) is 38.5 Å². The van der Waals surface area contributed by atoms with Gasteiger partial charge < -0.3 is 9.47 Å². The topological polar surface area (TPSA) is 101 Å². The van der Waals surface area contributed by atoms with Gasteiger partial charge in [-0.1, -0.05) is 36.4 Å². The summed E-state index contributed by atoms with van der Waals surface area (Å²) in [7, 11) is 3.25. The second kappa shape index (κ2) is 10.9. The third-order valence-corrected chi connectivity index (χ3v) is 5.27. The van der Waals surface area contributed by atoms with Crippen LogP contribution in [0.25, 0.3) is 21.5 Å². The first-order chi connectivity index (χ1) is 17.0. The van der Waals surface area contributed by atoms with E-state index in [-0.39, 0.29) is 0 Å². The zero-order chi connectivity index (χ0) is 24.6. The molecule has 0 saturated heterocycles. The molecule has 0 aliphatic carbocycles. The highest BCUT2D eigenvalue weighted by molar-refractivity contribution is 5.98. The van der Waals surface area contributed by atoms with Gasteiger partial charge in [-0.15, -0.1) is 0 Å². The fraction of sp³-hybridized carbons (Fsp3) is 0.111. The van der Waals surface area contributed by atoms with Crippen molar-refractivity contribution in [1.29, 1.82) is 0 Å². The number of nitrogens with zero attached hydrogens (tertiary/aromatic N) is 2. The summed E-state index contributed by atoms with van der Waals surface area (Å²) in [5.74, 6) is 0.484. The number of carbonyl (C=O) groups is 2. The van der Waals surface area contributed by atoms with E-state index in [1.165, 1.54) is 12.4 Å². The van der Waals surface area contributed by atoms with Gasteiger partial charge in [-0.2, -0.15) is 10.2 Å². The number of hydrazone groups is 2. The Hall–Kier alpha value is -4.72. The summed E-state index contributed by atoms with van der Waals surface area (Å²) in [4.78, 5) is 24.0. The van der Waals surface area contributed by atoms with Gasteiger partial charge in [0.1, 0.15) is 17.9 Å². The maximum atomic E-state index is 12.0. The molecule has 0 aliphatic heterocycles. The molecule has 8 heteroatoms. The first-order valence-electron chi connectivity index (χ1n) is 10.8. The third-order valence-electron chi connectivity index (χ3n) is 5.27. The molecular formula is C27H24N4O4. The van der Waals surface area contributed by atoms with Crippen LogP contribution in [0.3, 0.4) is 0 Å². The van der Waals surface area contributed by atoms with Crippen molar-refractivity contribution in [2.75, 3.05) is 14.2 Å². The van der Waals surface area contributed by atoms with E-state index in [1.807, 2.05) is 72.8 Å². The number of rotatable bonds is 8. The van der Waals surface area contributed by atoms with Crippen LogP contribution in [0.2, 0.25) is 0 Å². The van der Waals surface area contributed by atoms with Crippen LogP contribution < -0.4 is 20.3 Å². The molecule has 0 unspecified atom stereocenters. The number of hydrogen-bond acceptors (Lipinski definition) is 6. The minimum atomic E-state index is -0.542. The number of methoxy groups -OCH3 is 2. The first kappa shape index (κ1) is 23.4. The number of amides is 2. The van der Waals surface area contributed by atoms with E-state index in [0.29, 0.717) is 0 Å². The van der Waals surface area contributed by atoms with Crippen LogP contribution in [0.15, 0.2) is 83.0 Å². The zero-order valence-electron chi connectivity index (χ0n) is 19.3. The van der Waals surface area contributed by atoms with E-state index in [1.54, 1.807) is 14.2 Å². The molecule has 0 atom stereocenters. The maximum Gasteiger partial charge on any atom is 0.249 e. The van der Waals surface area contributed by atoms with Crippen molar-refractivity contribution in [3.05, 3.63) is 83.9 Å². The van der Waals surface area contributed by atoms with Gasteiger partial charge in [-0.25, -0.2) is 10.9 Å². The predicted molar refractivity (Wildman–Crippen MR) is 137 cm³/mol. The average Bonchev–Trinajstić information content (AvgIpc) is 2.87. The number of ether oxygens (including phenoxy) is 2. The summed E-state index contributed by atoms with van der Waals surface area (Å²) < 4.78 is 10.5. The first-order valence-corrected chi connectivity index (χ1v) is 10.8. The Bertz CT molecular complexity index is 1340. The highest BCUT2D eigenvalue weighted by atomic mass is 16.5. The van der Waals surface area contributed by atoms with Crippen molar-refractivity contribution < 1.29 is 19.1 Å². The number of nitrogens with one attached hydrogen (secondary N) is 2. The van der Waals surface area contributed by atoms with Crippen molar-refractivity contribution in [3.63, 3.8) is 0 Å². The molecule has 0 saturated carbocycles. The van der Waals surface area contributed by atoms with Gasteiger partial charge in [0.05, 0.1) is 26.6 Å². The van der Waals surface area contributed by atoms with Crippen molar-refractivity contribution in [2.45, 2.75) is 6.42 Å². The van der Waals surface area contributed by atoms with E-state index >= 15 is 0 Å². The lowest BCUT2D eigenvalue weighted by Gasteiger charge is -2.04. The van der Waals surface area contributed by atoms with Crippen molar-refractivity contribution in [3.8, 4) is 11.5 Å². The van der Waals surface area contributed by atoms with Crippen LogP contribution in [0, 0.1) is 0 Å². The summed E-state index contributed by atoms with van der Waals surface area (Å²) in [6, 6.07) is 23.1. The normalized spacial score (nSPS) is 11.3. The van der Waals surface area contributed by atoms with Gasteiger partial charge in [0.25, 0.3) is 0 Å². The van der Waals surface area contributed by atoms with Gasteiger partial charge in [-0.3, -0.25) is 9.59 Å². The molecule has 0 aromatic heterocycles. The van der Waals surface area contributed by atoms with E-state index in [2.05, 4.69) is 21.1 Å². The second-order valence-corrected chi connectivity index (χ2v) is 7.71. The molecule has 2 N–H and O–H groups in total. The lowest BCUT2D eigenvalue weighted by atomic mass is 10.1. The molecule has 176 valence electrons. The minimum absolute atomic E-state index is 0.399. The maximum absolute atomic E-state index is 12.0. The Balaban J connectivity index is 1.26. The minimum Gasteiger partial charge on any atom is -0.497 e. The monoisotopic (exact) mass is 468 g/mol. The van der Waals surface area contributed by atoms with Crippen LogP contribution in [-0.2, 0) is 9.59 Å². The molecule has 2 amide bonds. The van der Waals surface area contributed by atoms with E-state index < -0.39 is 18.2 Å². The standard InChI is InChI=1S/C27H24N4O4/c1-34-24-9-7-20-11-18(3-5-22(20)13-24)16-28-30-26(32)15-27(33)31-29-17-19-4-6-23-14-25(35-2)10-8-21(23)12-19/h3-14,16-17H,15H2,1-2H3,(H,30,32)(H,31,33). The smallest absolute Gasteiger partial charge is 0.249 e. The molecule has 35 heavy (non-hydrogen) atoms. The van der Waals surface area contributed by atoms with Crippen LogP contribution >= 0.6 is 0 Å². The number of carbonyl (C=O) groups excluding carboxylic acids is 2. The molecule has 8 nitrogen and oxygen atoms in total. The quantitative estimate of drug-likeness (QED) is 0.232. The third kappa shape index (κ3) is 6.20. The molecule has 0 fully saturated rings. The summed E-state index contributed by atoms with van der Waals surface area (Å²) >= 11 is 0. The molecule has 4 aromatic carbocycles. The Morgan fingerprint density at radius 2 is 1.06 bits per heavy atom. The fourth-order valence-electron chi connectivity index (χ4n) is 3.48. The van der Waals surface area contributed by atoms with Crippen LogP contribution in [0.4, 0.5) is 0 Å². The van der Waals surface area contributed by atoms with Gasteiger partial charge in [0.2, 0.25) is 11.8 Å². The van der Waals surface area contributed by atoms with E-state index in [9.17, 15) is 9.59 Å². The second-order valence-electron chi connectivity index (χ2n) is 7.71. The van der Waals surface area contributed by atoms with E-state index in [4.69, 9.17) is 9.47 Å². The number of benzene rings is 4. The van der Waals surface area contributed by atoms with Gasteiger partial charge >= 0.3 is 0 Å². The molecule has 0 heterocycles. The Morgan fingerprint density at radius 3 is 1.49 bits per heavy atom. The average molecular weight is 469 g/mol. The van der Waals surface area contributed by atoms with Crippen molar-refractivity contribution >= 4 is 45.8 Å². The molecule has 4 aromatic rings.